The van der Waals surface area contributed by atoms with E-state index in [0.29, 0.717) is 24.4 Å². The highest BCUT2D eigenvalue weighted by Gasteiger charge is 2.25. The van der Waals surface area contributed by atoms with Crippen LogP contribution < -0.4 is 14.8 Å². The van der Waals surface area contributed by atoms with Gasteiger partial charge in [-0.25, -0.2) is 9.97 Å². The lowest BCUT2D eigenvalue weighted by Crippen LogP contribution is -2.37. The van der Waals surface area contributed by atoms with Gasteiger partial charge in [-0.2, -0.15) is 4.98 Å². The molecule has 0 spiro atoms. The second-order valence-electron chi connectivity index (χ2n) is 8.19. The standard InChI is InChI=1S/C23H29N5O4/c1-15(26-16(2)29)14-30-17-5-7-18(8-6-17)32-23-27-20-10-9-19(13-21(20)28(23)3)31-22-24-11-4-12-25-22/h4,9-13,15,17-18H,5-8,14H2,1-3H3,(H,26,29)/t15-,17-,18-/m0/s1. The number of hydrogen-bond acceptors (Lipinski definition) is 7. The predicted octanol–water partition coefficient (Wildman–Crippen LogP) is 3.39. The highest BCUT2D eigenvalue weighted by molar-refractivity contribution is 5.78. The van der Waals surface area contributed by atoms with Crippen molar-refractivity contribution in [1.82, 2.24) is 24.8 Å². The minimum absolute atomic E-state index is 0.0174. The molecule has 0 aliphatic heterocycles. The Kier molecular flexibility index (Phi) is 6.84. The summed E-state index contributed by atoms with van der Waals surface area (Å²) < 4.78 is 19.9. The van der Waals surface area contributed by atoms with Crippen molar-refractivity contribution < 1.29 is 19.0 Å². The molecule has 1 amide bonds. The summed E-state index contributed by atoms with van der Waals surface area (Å²) in [7, 11) is 1.94. The van der Waals surface area contributed by atoms with Crippen LogP contribution in [0.25, 0.3) is 11.0 Å². The van der Waals surface area contributed by atoms with Gasteiger partial charge in [-0.15, -0.1) is 0 Å². The van der Waals surface area contributed by atoms with Gasteiger partial charge in [-0.3, -0.25) is 9.36 Å². The van der Waals surface area contributed by atoms with Crippen molar-refractivity contribution in [1.29, 1.82) is 0 Å². The van der Waals surface area contributed by atoms with E-state index in [2.05, 4.69) is 20.3 Å². The van der Waals surface area contributed by atoms with E-state index in [0.717, 1.165) is 36.7 Å². The smallest absolute Gasteiger partial charge is 0.321 e. The van der Waals surface area contributed by atoms with Gasteiger partial charge in [0.15, 0.2) is 0 Å². The SMILES string of the molecule is CC(=O)N[C@@H](C)CO[C@H]1CC[C@H](Oc2nc3ccc(Oc4ncccn4)cc3n2C)CC1. The fourth-order valence-corrected chi connectivity index (χ4v) is 3.89. The third-order valence-electron chi connectivity index (χ3n) is 5.49. The lowest BCUT2D eigenvalue weighted by molar-refractivity contribution is -0.120. The number of hydrogen-bond donors (Lipinski definition) is 1. The molecule has 1 N–H and O–H groups in total. The van der Waals surface area contributed by atoms with Crippen LogP contribution in [0.5, 0.6) is 17.8 Å². The number of carbonyl (C=O) groups is 1. The maximum Gasteiger partial charge on any atom is 0.321 e. The molecule has 1 saturated carbocycles. The summed E-state index contributed by atoms with van der Waals surface area (Å²) in [4.78, 5) is 23.9. The molecule has 32 heavy (non-hydrogen) atoms. The van der Waals surface area contributed by atoms with Crippen molar-refractivity contribution in [2.24, 2.45) is 7.05 Å². The Morgan fingerprint density at radius 2 is 1.91 bits per heavy atom. The number of aryl methyl sites for hydroxylation is 1. The zero-order chi connectivity index (χ0) is 22.5. The molecule has 1 aliphatic rings. The number of nitrogens with zero attached hydrogens (tertiary/aromatic N) is 4. The lowest BCUT2D eigenvalue weighted by atomic mass is 9.95. The van der Waals surface area contributed by atoms with Crippen LogP contribution in [0.15, 0.2) is 36.7 Å². The number of carbonyl (C=O) groups excluding carboxylic acids is 1. The molecule has 2 aromatic heterocycles. The van der Waals surface area contributed by atoms with E-state index in [1.165, 1.54) is 6.92 Å². The largest absolute Gasteiger partial charge is 0.461 e. The Hall–Kier alpha value is -3.20. The molecule has 9 heteroatoms. The van der Waals surface area contributed by atoms with Crippen molar-refractivity contribution in [3.05, 3.63) is 36.7 Å². The summed E-state index contributed by atoms with van der Waals surface area (Å²) in [6.45, 7) is 4.00. The van der Waals surface area contributed by atoms with Crippen LogP contribution >= 0.6 is 0 Å². The molecule has 1 fully saturated rings. The Balaban J connectivity index is 1.33. The van der Waals surface area contributed by atoms with Crippen LogP contribution in [0.4, 0.5) is 0 Å². The molecule has 4 rings (SSSR count). The predicted molar refractivity (Wildman–Crippen MR) is 119 cm³/mol. The number of imidazole rings is 1. The highest BCUT2D eigenvalue weighted by atomic mass is 16.5. The second-order valence-corrected chi connectivity index (χ2v) is 8.19. The Bertz CT molecular complexity index is 1050. The summed E-state index contributed by atoms with van der Waals surface area (Å²) in [5.41, 5.74) is 1.75. The molecule has 3 aromatic rings. The van der Waals surface area contributed by atoms with E-state index in [1.807, 2.05) is 36.7 Å². The Labute approximate surface area is 187 Å². The van der Waals surface area contributed by atoms with Gasteiger partial charge in [0, 0.05) is 38.5 Å². The zero-order valence-corrected chi connectivity index (χ0v) is 18.7. The summed E-state index contributed by atoms with van der Waals surface area (Å²) in [5, 5.41) is 2.84. The van der Waals surface area contributed by atoms with Gasteiger partial charge >= 0.3 is 6.01 Å². The molecule has 0 unspecified atom stereocenters. The molecular weight excluding hydrogens is 410 g/mol. The van der Waals surface area contributed by atoms with Crippen LogP contribution in [0.1, 0.15) is 39.5 Å². The summed E-state index contributed by atoms with van der Waals surface area (Å²) in [6, 6.07) is 8.32. The lowest BCUT2D eigenvalue weighted by Gasteiger charge is -2.29. The monoisotopic (exact) mass is 439 g/mol. The van der Waals surface area contributed by atoms with E-state index in [4.69, 9.17) is 14.2 Å². The zero-order valence-electron chi connectivity index (χ0n) is 18.7. The van der Waals surface area contributed by atoms with Crippen molar-refractivity contribution in [2.45, 2.75) is 57.8 Å². The molecule has 1 aliphatic carbocycles. The van der Waals surface area contributed by atoms with E-state index in [1.54, 1.807) is 18.5 Å². The van der Waals surface area contributed by atoms with Gasteiger partial charge in [0.1, 0.15) is 11.9 Å². The van der Waals surface area contributed by atoms with Crippen molar-refractivity contribution in [2.75, 3.05) is 6.61 Å². The van der Waals surface area contributed by atoms with E-state index in [-0.39, 0.29) is 24.2 Å². The van der Waals surface area contributed by atoms with Crippen molar-refractivity contribution in [3.63, 3.8) is 0 Å². The number of amides is 1. The highest BCUT2D eigenvalue weighted by Crippen LogP contribution is 2.29. The number of benzene rings is 1. The maximum atomic E-state index is 11.1. The average Bonchev–Trinajstić information content (AvgIpc) is 3.08. The molecule has 2 heterocycles. The third kappa shape index (κ3) is 5.53. The quantitative estimate of drug-likeness (QED) is 0.574. The number of fused-ring (bicyclic) bond motifs is 1. The summed E-state index contributed by atoms with van der Waals surface area (Å²) >= 11 is 0. The minimum atomic E-state index is -0.0345. The second kappa shape index (κ2) is 9.95. The van der Waals surface area contributed by atoms with Crippen LogP contribution in [0.3, 0.4) is 0 Å². The van der Waals surface area contributed by atoms with Crippen LogP contribution in [-0.4, -0.2) is 50.3 Å². The molecule has 0 bridgehead atoms. The molecule has 9 nitrogen and oxygen atoms in total. The molecule has 0 saturated heterocycles. The normalized spacial score (nSPS) is 19.5. The minimum Gasteiger partial charge on any atom is -0.461 e. The molecule has 0 radical (unpaired) electrons. The summed E-state index contributed by atoms with van der Waals surface area (Å²) in [6.07, 6.45) is 7.25. The third-order valence-corrected chi connectivity index (χ3v) is 5.49. The van der Waals surface area contributed by atoms with Gasteiger partial charge in [-0.1, -0.05) is 0 Å². The van der Waals surface area contributed by atoms with Crippen molar-refractivity contribution in [3.8, 4) is 17.8 Å². The number of rotatable bonds is 8. The van der Waals surface area contributed by atoms with Gasteiger partial charge in [0.25, 0.3) is 6.01 Å². The number of ether oxygens (including phenoxy) is 3. The van der Waals surface area contributed by atoms with E-state index in [9.17, 15) is 4.79 Å². The van der Waals surface area contributed by atoms with Crippen LogP contribution in [0.2, 0.25) is 0 Å². The van der Waals surface area contributed by atoms with Gasteiger partial charge in [-0.05, 0) is 50.8 Å². The first-order valence-corrected chi connectivity index (χ1v) is 10.9. The number of nitrogens with one attached hydrogen (secondary N) is 1. The van der Waals surface area contributed by atoms with Crippen LogP contribution in [-0.2, 0) is 16.6 Å². The van der Waals surface area contributed by atoms with E-state index >= 15 is 0 Å². The molecule has 170 valence electrons. The van der Waals surface area contributed by atoms with Gasteiger partial charge < -0.3 is 19.5 Å². The Morgan fingerprint density at radius 1 is 1.19 bits per heavy atom. The van der Waals surface area contributed by atoms with Crippen LogP contribution in [0, 0.1) is 0 Å². The topological polar surface area (TPSA) is 100 Å². The first kappa shape index (κ1) is 22.0. The fraction of sp³-hybridized carbons (Fsp3) is 0.478. The number of aromatic nitrogens is 4. The van der Waals surface area contributed by atoms with Gasteiger partial charge in [0.05, 0.1) is 23.7 Å². The Morgan fingerprint density at radius 3 is 2.62 bits per heavy atom. The molecular formula is C23H29N5O4. The first-order chi connectivity index (χ1) is 15.5. The fourth-order valence-electron chi connectivity index (χ4n) is 3.89. The molecule has 1 atom stereocenters. The molecule has 1 aromatic carbocycles. The first-order valence-electron chi connectivity index (χ1n) is 10.9. The average molecular weight is 440 g/mol. The summed E-state index contributed by atoms with van der Waals surface area (Å²) in [5.74, 6) is 0.608. The van der Waals surface area contributed by atoms with E-state index < -0.39 is 0 Å². The van der Waals surface area contributed by atoms with Crippen molar-refractivity contribution >= 4 is 16.9 Å². The van der Waals surface area contributed by atoms with Gasteiger partial charge in [0.2, 0.25) is 5.91 Å². The maximum absolute atomic E-state index is 11.1.